The summed E-state index contributed by atoms with van der Waals surface area (Å²) in [5.41, 5.74) is 0.357. The number of carbonyl (C=O) groups is 2. The molecule has 1 amide bonds. The molecule has 0 saturated heterocycles. The fourth-order valence-electron chi connectivity index (χ4n) is 2.32. The second-order valence-corrected chi connectivity index (χ2v) is 5.93. The molecular weight excluding hydrogens is 360 g/mol. The van der Waals surface area contributed by atoms with Crippen LogP contribution in [0.1, 0.15) is 46.2 Å². The number of halogens is 1. The second-order valence-electron chi connectivity index (χ2n) is 5.50. The molecule has 0 saturated carbocycles. The number of nitro groups is 1. The van der Waals surface area contributed by atoms with E-state index in [1.165, 1.54) is 6.07 Å². The van der Waals surface area contributed by atoms with Crippen LogP contribution in [-0.2, 0) is 4.74 Å². The summed E-state index contributed by atoms with van der Waals surface area (Å²) in [5.74, 6) is -1.28. The summed E-state index contributed by atoms with van der Waals surface area (Å²) in [7, 11) is 0. The smallest absolute Gasteiger partial charge is 0.338 e. The van der Waals surface area contributed by atoms with Gasteiger partial charge in [-0.1, -0.05) is 23.7 Å². The molecule has 0 fully saturated rings. The summed E-state index contributed by atoms with van der Waals surface area (Å²) >= 11 is 5.94. The van der Waals surface area contributed by atoms with Crippen molar-refractivity contribution in [3.63, 3.8) is 0 Å². The van der Waals surface area contributed by atoms with Crippen LogP contribution < -0.4 is 5.32 Å². The number of benzene rings is 2. The van der Waals surface area contributed by atoms with Gasteiger partial charge >= 0.3 is 5.97 Å². The lowest BCUT2D eigenvalue weighted by Crippen LogP contribution is -2.27. The van der Waals surface area contributed by atoms with Crippen LogP contribution >= 0.6 is 11.6 Å². The van der Waals surface area contributed by atoms with Crippen LogP contribution in [0.25, 0.3) is 0 Å². The molecule has 0 spiro atoms. The molecule has 1 unspecified atom stereocenters. The minimum Gasteiger partial charge on any atom is -0.462 e. The summed E-state index contributed by atoms with van der Waals surface area (Å²) in [5, 5.41) is 14.4. The lowest BCUT2D eigenvalue weighted by atomic mass is 10.1. The van der Waals surface area contributed by atoms with Crippen molar-refractivity contribution in [3.05, 3.63) is 74.3 Å². The van der Waals surface area contributed by atoms with Crippen molar-refractivity contribution >= 4 is 29.2 Å². The Morgan fingerprint density at radius 1 is 1.23 bits per heavy atom. The van der Waals surface area contributed by atoms with Crippen LogP contribution in [0.4, 0.5) is 5.69 Å². The van der Waals surface area contributed by atoms with Crippen molar-refractivity contribution in [2.24, 2.45) is 0 Å². The molecule has 7 nitrogen and oxygen atoms in total. The third kappa shape index (κ3) is 4.80. The normalized spacial score (nSPS) is 11.5. The molecule has 2 rings (SSSR count). The number of esters is 1. The highest BCUT2D eigenvalue weighted by Crippen LogP contribution is 2.21. The zero-order chi connectivity index (χ0) is 19.3. The van der Waals surface area contributed by atoms with Crippen molar-refractivity contribution in [2.75, 3.05) is 6.61 Å². The predicted octanol–water partition coefficient (Wildman–Crippen LogP) is 3.92. The number of carbonyl (C=O) groups excluding carboxylic acids is 2. The number of hydrogen-bond donors (Lipinski definition) is 1. The largest absolute Gasteiger partial charge is 0.462 e. The van der Waals surface area contributed by atoms with Crippen molar-refractivity contribution in [1.29, 1.82) is 0 Å². The van der Waals surface area contributed by atoms with Crippen molar-refractivity contribution in [3.8, 4) is 0 Å². The van der Waals surface area contributed by atoms with E-state index in [0.717, 1.165) is 17.7 Å². The Hall–Kier alpha value is -2.93. The van der Waals surface area contributed by atoms with Gasteiger partial charge in [-0.05, 0) is 37.6 Å². The molecular formula is C18H17ClN2O5. The molecule has 0 aromatic heterocycles. The van der Waals surface area contributed by atoms with E-state index in [-0.39, 0.29) is 29.5 Å². The molecule has 136 valence electrons. The third-order valence-corrected chi connectivity index (χ3v) is 3.83. The minimum absolute atomic E-state index is 0.00358. The molecule has 26 heavy (non-hydrogen) atoms. The fraction of sp³-hybridized carbons (Fsp3) is 0.222. The van der Waals surface area contributed by atoms with Gasteiger partial charge in [0.05, 0.1) is 23.1 Å². The number of non-ortho nitro benzene ring substituents is 1. The van der Waals surface area contributed by atoms with Gasteiger partial charge < -0.3 is 10.1 Å². The van der Waals surface area contributed by atoms with Crippen LogP contribution in [0, 0.1) is 10.1 Å². The Balaban J connectivity index is 2.29. The lowest BCUT2D eigenvalue weighted by molar-refractivity contribution is -0.384. The van der Waals surface area contributed by atoms with E-state index in [2.05, 4.69) is 5.32 Å². The van der Waals surface area contributed by atoms with Gasteiger partial charge in [-0.3, -0.25) is 14.9 Å². The van der Waals surface area contributed by atoms with Crippen molar-refractivity contribution < 1.29 is 19.2 Å². The Morgan fingerprint density at radius 3 is 2.54 bits per heavy atom. The molecule has 0 bridgehead atoms. The highest BCUT2D eigenvalue weighted by molar-refractivity contribution is 6.30. The summed E-state index contributed by atoms with van der Waals surface area (Å²) < 4.78 is 4.85. The predicted molar refractivity (Wildman–Crippen MR) is 96.4 cm³/mol. The molecule has 0 radical (unpaired) electrons. The Morgan fingerprint density at radius 2 is 1.92 bits per heavy atom. The molecule has 0 aliphatic heterocycles. The van der Waals surface area contributed by atoms with Crippen LogP contribution in [0.5, 0.6) is 0 Å². The van der Waals surface area contributed by atoms with Crippen LogP contribution in [0.15, 0.2) is 42.5 Å². The standard InChI is InChI=1S/C18H17ClN2O5/c1-3-26-18(23)14-7-13(9-16(10-14)21(24)25)17(22)20-11(2)12-5-4-6-15(19)8-12/h4-11H,3H2,1-2H3,(H,20,22). The first kappa shape index (κ1) is 19.4. The third-order valence-electron chi connectivity index (χ3n) is 3.60. The number of nitrogens with one attached hydrogen (secondary N) is 1. The molecule has 2 aromatic rings. The van der Waals surface area contributed by atoms with Gasteiger partial charge in [0.2, 0.25) is 0 Å². The number of rotatable bonds is 6. The average Bonchev–Trinajstić information content (AvgIpc) is 2.61. The average molecular weight is 377 g/mol. The van der Waals surface area contributed by atoms with Gasteiger partial charge in [-0.2, -0.15) is 0 Å². The highest BCUT2D eigenvalue weighted by Gasteiger charge is 2.20. The van der Waals surface area contributed by atoms with E-state index in [0.29, 0.717) is 5.02 Å². The maximum absolute atomic E-state index is 12.5. The zero-order valence-electron chi connectivity index (χ0n) is 14.2. The van der Waals surface area contributed by atoms with E-state index < -0.39 is 16.8 Å². The molecule has 0 aliphatic rings. The first-order chi connectivity index (χ1) is 12.3. The minimum atomic E-state index is -0.729. The maximum atomic E-state index is 12.5. The lowest BCUT2D eigenvalue weighted by Gasteiger charge is -2.15. The van der Waals surface area contributed by atoms with Gasteiger partial charge in [-0.15, -0.1) is 0 Å². The van der Waals surface area contributed by atoms with Gasteiger partial charge in [0.25, 0.3) is 11.6 Å². The van der Waals surface area contributed by atoms with Crippen molar-refractivity contribution in [2.45, 2.75) is 19.9 Å². The maximum Gasteiger partial charge on any atom is 0.338 e. The van der Waals surface area contributed by atoms with Gasteiger partial charge in [0.15, 0.2) is 0 Å². The summed E-state index contributed by atoms with van der Waals surface area (Å²) in [6, 6.07) is 10.1. The van der Waals surface area contributed by atoms with Crippen molar-refractivity contribution in [1.82, 2.24) is 5.32 Å². The van der Waals surface area contributed by atoms with E-state index in [1.807, 2.05) is 0 Å². The SMILES string of the molecule is CCOC(=O)c1cc(C(=O)NC(C)c2cccc(Cl)c2)cc([N+](=O)[O-])c1. The monoisotopic (exact) mass is 376 g/mol. The zero-order valence-corrected chi connectivity index (χ0v) is 14.9. The summed E-state index contributed by atoms with van der Waals surface area (Å²) in [6.45, 7) is 3.50. The molecule has 2 aromatic carbocycles. The number of hydrogen-bond acceptors (Lipinski definition) is 5. The van der Waals surface area contributed by atoms with E-state index in [1.54, 1.807) is 38.1 Å². The number of nitrogens with zero attached hydrogens (tertiary/aromatic N) is 1. The Kier molecular flexibility index (Phi) is 6.30. The first-order valence-corrected chi connectivity index (χ1v) is 8.22. The second kappa shape index (κ2) is 8.44. The van der Waals surface area contributed by atoms with Gasteiger partial charge in [-0.25, -0.2) is 4.79 Å². The van der Waals surface area contributed by atoms with Crippen LogP contribution in [0.2, 0.25) is 5.02 Å². The number of ether oxygens (including phenoxy) is 1. The number of amides is 1. The Labute approximate surface area is 155 Å². The quantitative estimate of drug-likeness (QED) is 0.468. The van der Waals surface area contributed by atoms with E-state index >= 15 is 0 Å². The molecule has 0 heterocycles. The van der Waals surface area contributed by atoms with Gasteiger partial charge in [0, 0.05) is 22.7 Å². The topological polar surface area (TPSA) is 98.5 Å². The van der Waals surface area contributed by atoms with Crippen LogP contribution in [0.3, 0.4) is 0 Å². The van der Waals surface area contributed by atoms with Crippen LogP contribution in [-0.4, -0.2) is 23.4 Å². The highest BCUT2D eigenvalue weighted by atomic mass is 35.5. The van der Waals surface area contributed by atoms with E-state index in [4.69, 9.17) is 16.3 Å². The van der Waals surface area contributed by atoms with Gasteiger partial charge in [0.1, 0.15) is 0 Å². The van der Waals surface area contributed by atoms with E-state index in [9.17, 15) is 19.7 Å². The summed E-state index contributed by atoms with van der Waals surface area (Å²) in [4.78, 5) is 34.8. The molecule has 1 atom stereocenters. The summed E-state index contributed by atoms with van der Waals surface area (Å²) in [6.07, 6.45) is 0. The Bertz CT molecular complexity index is 853. The fourth-order valence-corrected chi connectivity index (χ4v) is 2.52. The molecule has 1 N–H and O–H groups in total. The number of nitro benzene ring substituents is 1. The molecule has 8 heteroatoms. The first-order valence-electron chi connectivity index (χ1n) is 7.84. The molecule has 0 aliphatic carbocycles.